The van der Waals surface area contributed by atoms with Gasteiger partial charge in [0.25, 0.3) is 0 Å². The zero-order chi connectivity index (χ0) is 39.6. The van der Waals surface area contributed by atoms with E-state index in [9.17, 15) is 10.2 Å². The third kappa shape index (κ3) is 9.60. The molecule has 4 aliphatic rings. The summed E-state index contributed by atoms with van der Waals surface area (Å²) in [6.07, 6.45) is 18.4. The number of unbranched alkanes of at least 4 members (excludes halogenated alkanes) is 2. The Morgan fingerprint density at radius 3 is 2.58 bits per heavy atom. The maximum absolute atomic E-state index is 9.95. The monoisotopic (exact) mass is 797 g/mol. The summed E-state index contributed by atoms with van der Waals surface area (Å²) < 4.78 is 27.0. The highest BCUT2D eigenvalue weighted by Gasteiger charge is 2.64. The Morgan fingerprint density at radius 1 is 1.00 bits per heavy atom. The van der Waals surface area contributed by atoms with E-state index in [4.69, 9.17) is 28.9 Å². The van der Waals surface area contributed by atoms with Crippen molar-refractivity contribution in [3.8, 4) is 17.2 Å². The third-order valence-electron chi connectivity index (χ3n) is 12.0. The van der Waals surface area contributed by atoms with Gasteiger partial charge in [0.2, 0.25) is 12.1 Å². The first kappa shape index (κ1) is 41.4. The van der Waals surface area contributed by atoms with Gasteiger partial charge in [-0.1, -0.05) is 36.2 Å². The average Bonchev–Trinajstić information content (AvgIpc) is 3.23. The van der Waals surface area contributed by atoms with Gasteiger partial charge in [-0.3, -0.25) is 9.97 Å². The molecule has 0 spiro atoms. The molecule has 3 aromatic rings. The van der Waals surface area contributed by atoms with Crippen molar-refractivity contribution in [1.82, 2.24) is 9.97 Å². The van der Waals surface area contributed by atoms with E-state index in [1.54, 1.807) is 18.5 Å². The van der Waals surface area contributed by atoms with Gasteiger partial charge >= 0.3 is 0 Å². The zero-order valence-electron chi connectivity index (χ0n) is 33.5. The minimum absolute atomic E-state index is 0.0285. The van der Waals surface area contributed by atoms with Crippen LogP contribution in [0.1, 0.15) is 92.5 Å². The molecule has 0 bridgehead atoms. The number of hydrogen-bond donors (Lipinski definition) is 2. The van der Waals surface area contributed by atoms with Crippen LogP contribution in [0, 0.1) is 31.6 Å². The van der Waals surface area contributed by atoms with E-state index < -0.39 is 5.79 Å². The number of ether oxygens (including phenoxy) is 4. The Morgan fingerprint density at radius 2 is 1.82 bits per heavy atom. The topological polar surface area (TPSA) is 125 Å². The van der Waals surface area contributed by atoms with Crippen molar-refractivity contribution in [2.45, 2.75) is 108 Å². The first-order valence-corrected chi connectivity index (χ1v) is 22.0. The number of rotatable bonds is 19. The van der Waals surface area contributed by atoms with E-state index in [-0.39, 0.29) is 48.4 Å². The van der Waals surface area contributed by atoms with Crippen molar-refractivity contribution in [3.05, 3.63) is 102 Å². The van der Waals surface area contributed by atoms with Gasteiger partial charge < -0.3 is 34.0 Å². The van der Waals surface area contributed by atoms with E-state index >= 15 is 0 Å². The lowest BCUT2D eigenvalue weighted by molar-refractivity contribution is -0.223. The Kier molecular flexibility index (Phi) is 14.4. The SMILES string of the molecule is C=CCOC12Oc3ccc(Oc4ccc(C)c(C)c4)cc3C3C(CCCCO)C(CCCCO)C=C(C(=NOC4CCCCO4)CC1SCCc1cnccn1)C32. The van der Waals surface area contributed by atoms with Crippen molar-refractivity contribution < 1.29 is 34.0 Å². The van der Waals surface area contributed by atoms with E-state index in [1.165, 1.54) is 11.1 Å². The number of nitrogens with zero attached hydrogens (tertiary/aromatic N) is 3. The summed E-state index contributed by atoms with van der Waals surface area (Å²) in [5.41, 5.74) is 6.42. The third-order valence-corrected chi connectivity index (χ3v) is 13.4. The van der Waals surface area contributed by atoms with Gasteiger partial charge in [-0.15, -0.1) is 6.58 Å². The Balaban J connectivity index is 1.36. The second-order valence-electron chi connectivity index (χ2n) is 15.8. The molecule has 0 radical (unpaired) electrons. The predicted octanol–water partition coefficient (Wildman–Crippen LogP) is 9.02. The predicted molar refractivity (Wildman–Crippen MR) is 224 cm³/mol. The Bertz CT molecular complexity index is 1850. The van der Waals surface area contributed by atoms with Crippen LogP contribution in [0.25, 0.3) is 0 Å². The van der Waals surface area contributed by atoms with Crippen LogP contribution in [0.15, 0.2) is 84.4 Å². The van der Waals surface area contributed by atoms with Crippen molar-refractivity contribution >= 4 is 17.5 Å². The molecule has 1 aromatic heterocycles. The molecule has 2 aromatic carbocycles. The Labute approximate surface area is 342 Å². The van der Waals surface area contributed by atoms with Crippen LogP contribution in [0.2, 0.25) is 0 Å². The number of fused-ring (bicyclic) bond motifs is 2. The number of aryl methyl sites for hydroxylation is 3. The standard InChI is InChI=1S/C46H59N3O7S/c1-4-23-53-46-42(57-25-18-34-30-47-19-20-48-34)29-40(49-56-43-13-7-10-24-52-43)38-27-33(11-5-8-21-50)37(12-6-9-22-51)44(45(38)46)39-28-36(16-17-41(39)55-46)54-35-15-14-31(2)32(3)26-35/h4,14-17,19-20,26-28,30,33,37,42-45,50-51H,1,5-13,18,21-25,29H2,2-3H3. The lowest BCUT2D eigenvalue weighted by atomic mass is 9.56. The molecule has 2 aliphatic heterocycles. The smallest absolute Gasteiger partial charge is 0.230 e. The lowest BCUT2D eigenvalue weighted by Gasteiger charge is -2.58. The highest BCUT2D eigenvalue weighted by molar-refractivity contribution is 8.00. The fourth-order valence-corrected chi connectivity index (χ4v) is 10.5. The number of benzene rings is 2. The molecule has 7 atom stereocenters. The van der Waals surface area contributed by atoms with Gasteiger partial charge in [-0.2, -0.15) is 11.8 Å². The molecule has 1 saturated heterocycles. The quantitative estimate of drug-likeness (QED) is 0.0690. The van der Waals surface area contributed by atoms with Gasteiger partial charge in [0, 0.05) is 62.5 Å². The van der Waals surface area contributed by atoms with Crippen molar-refractivity contribution in [1.29, 1.82) is 0 Å². The van der Waals surface area contributed by atoms with Gasteiger partial charge in [-0.05, 0) is 117 Å². The Hall–Kier alpha value is -3.74. The van der Waals surface area contributed by atoms with E-state index in [2.05, 4.69) is 60.7 Å². The number of hydrogen-bond acceptors (Lipinski definition) is 11. The molecule has 2 fully saturated rings. The molecule has 0 amide bonds. The molecule has 306 valence electrons. The van der Waals surface area contributed by atoms with Crippen molar-refractivity contribution in [3.63, 3.8) is 0 Å². The van der Waals surface area contributed by atoms with E-state index in [0.717, 1.165) is 110 Å². The summed E-state index contributed by atoms with van der Waals surface area (Å²) in [5.74, 6) is 2.19. The number of thioether (sulfide) groups is 1. The lowest BCUT2D eigenvalue weighted by Crippen LogP contribution is -2.64. The summed E-state index contributed by atoms with van der Waals surface area (Å²) in [5, 5.41) is 24.6. The normalized spacial score (nSPS) is 27.2. The number of aliphatic hydroxyl groups excluding tert-OH is 2. The minimum Gasteiger partial charge on any atom is -0.460 e. The number of aromatic nitrogens is 2. The molecule has 2 N–H and O–H groups in total. The molecule has 10 nitrogen and oxygen atoms in total. The van der Waals surface area contributed by atoms with Crippen LogP contribution in [0.5, 0.6) is 17.2 Å². The fourth-order valence-electron chi connectivity index (χ4n) is 9.13. The first-order chi connectivity index (χ1) is 27.9. The average molecular weight is 798 g/mol. The zero-order valence-corrected chi connectivity index (χ0v) is 34.3. The summed E-state index contributed by atoms with van der Waals surface area (Å²) in [6.45, 7) is 9.57. The first-order valence-electron chi connectivity index (χ1n) is 20.9. The van der Waals surface area contributed by atoms with Crippen LogP contribution in [0.4, 0.5) is 0 Å². The van der Waals surface area contributed by atoms with Gasteiger partial charge in [0.15, 0.2) is 0 Å². The fraction of sp³-hybridized carbons (Fsp3) is 0.543. The van der Waals surface area contributed by atoms with Crippen molar-refractivity contribution in [2.24, 2.45) is 22.9 Å². The second-order valence-corrected chi connectivity index (χ2v) is 17.1. The number of aliphatic hydroxyl groups is 2. The number of oxime groups is 1. The van der Waals surface area contributed by atoms with Crippen LogP contribution >= 0.6 is 11.8 Å². The summed E-state index contributed by atoms with van der Waals surface area (Å²) in [7, 11) is 0. The van der Waals surface area contributed by atoms with E-state index in [1.807, 2.05) is 30.1 Å². The summed E-state index contributed by atoms with van der Waals surface area (Å²) in [4.78, 5) is 15.1. The molecule has 2 aliphatic carbocycles. The second kappa shape index (κ2) is 19.8. The summed E-state index contributed by atoms with van der Waals surface area (Å²) in [6, 6.07) is 12.4. The number of allylic oxidation sites excluding steroid dienone is 1. The van der Waals surface area contributed by atoms with Crippen LogP contribution < -0.4 is 9.47 Å². The van der Waals surface area contributed by atoms with E-state index in [0.29, 0.717) is 19.6 Å². The minimum atomic E-state index is -1.05. The van der Waals surface area contributed by atoms with Crippen LogP contribution in [-0.2, 0) is 20.7 Å². The van der Waals surface area contributed by atoms with Gasteiger partial charge in [0.05, 0.1) is 35.8 Å². The van der Waals surface area contributed by atoms with Crippen LogP contribution in [-0.4, -0.2) is 75.4 Å². The van der Waals surface area contributed by atoms with Gasteiger partial charge in [-0.25, -0.2) is 0 Å². The highest BCUT2D eigenvalue weighted by Crippen LogP contribution is 2.62. The molecular weight excluding hydrogens is 739 g/mol. The molecule has 3 heterocycles. The largest absolute Gasteiger partial charge is 0.460 e. The highest BCUT2D eigenvalue weighted by atomic mass is 32.2. The maximum atomic E-state index is 9.95. The molecule has 7 rings (SSSR count). The molecule has 7 unspecified atom stereocenters. The molecular formula is C46H59N3O7S. The molecule has 11 heteroatoms. The molecule has 57 heavy (non-hydrogen) atoms. The molecule has 1 saturated carbocycles. The van der Waals surface area contributed by atoms with Crippen molar-refractivity contribution in [2.75, 3.05) is 32.2 Å². The summed E-state index contributed by atoms with van der Waals surface area (Å²) >= 11 is 1.82. The van der Waals surface area contributed by atoms with Crippen LogP contribution in [0.3, 0.4) is 0 Å². The van der Waals surface area contributed by atoms with Gasteiger partial charge in [0.1, 0.15) is 17.2 Å². The maximum Gasteiger partial charge on any atom is 0.230 e.